The van der Waals surface area contributed by atoms with Crippen molar-refractivity contribution in [2.75, 3.05) is 0 Å². The Hall–Kier alpha value is -1.67. The monoisotopic (exact) mass is 352 g/mol. The molecule has 2 aliphatic carbocycles. The van der Waals surface area contributed by atoms with Crippen LogP contribution in [-0.4, -0.2) is 26.8 Å². The van der Waals surface area contributed by atoms with Crippen LogP contribution in [0.25, 0.3) is 0 Å². The molecule has 9 heteroatoms. The SMILES string of the molecule is CC1(Cn2nc(C3CC3)c(C(F)(F)F)c2C(=O)O)CCC(F)(F)C1. The molecule has 1 heterocycles. The Morgan fingerprint density at radius 3 is 2.38 bits per heavy atom. The van der Waals surface area contributed by atoms with Crippen molar-refractivity contribution >= 4 is 5.97 Å². The summed E-state index contributed by atoms with van der Waals surface area (Å²) in [4.78, 5) is 11.4. The van der Waals surface area contributed by atoms with Crippen LogP contribution in [0.1, 0.15) is 66.7 Å². The highest BCUT2D eigenvalue weighted by Crippen LogP contribution is 2.50. The number of alkyl halides is 5. The summed E-state index contributed by atoms with van der Waals surface area (Å²) in [5.41, 5.74) is -3.43. The van der Waals surface area contributed by atoms with Crippen LogP contribution in [0.2, 0.25) is 0 Å². The summed E-state index contributed by atoms with van der Waals surface area (Å²) in [7, 11) is 0. The summed E-state index contributed by atoms with van der Waals surface area (Å²) in [6.45, 7) is 1.27. The molecule has 2 saturated carbocycles. The molecule has 2 aliphatic rings. The summed E-state index contributed by atoms with van der Waals surface area (Å²) < 4.78 is 67.9. The van der Waals surface area contributed by atoms with E-state index in [1.54, 1.807) is 0 Å². The third kappa shape index (κ3) is 3.12. The second-order valence-electron chi connectivity index (χ2n) is 7.19. The minimum atomic E-state index is -4.84. The minimum Gasteiger partial charge on any atom is -0.477 e. The van der Waals surface area contributed by atoms with Gasteiger partial charge in [0.15, 0.2) is 5.69 Å². The van der Waals surface area contributed by atoms with Crippen LogP contribution < -0.4 is 0 Å². The number of hydrogen-bond donors (Lipinski definition) is 1. The van der Waals surface area contributed by atoms with Crippen LogP contribution in [0.15, 0.2) is 0 Å². The molecule has 1 unspecified atom stereocenters. The highest BCUT2D eigenvalue weighted by atomic mass is 19.4. The molecular formula is C15H17F5N2O2. The maximum Gasteiger partial charge on any atom is 0.420 e. The van der Waals surface area contributed by atoms with E-state index in [4.69, 9.17) is 0 Å². The number of hydrogen-bond acceptors (Lipinski definition) is 2. The molecule has 1 aromatic heterocycles. The van der Waals surface area contributed by atoms with Gasteiger partial charge in [0.2, 0.25) is 5.92 Å². The molecule has 0 spiro atoms. The van der Waals surface area contributed by atoms with E-state index < -0.39 is 47.1 Å². The molecule has 4 nitrogen and oxygen atoms in total. The van der Waals surface area contributed by atoms with Gasteiger partial charge in [0.25, 0.3) is 0 Å². The smallest absolute Gasteiger partial charge is 0.420 e. The minimum absolute atomic E-state index is 0.110. The Kier molecular flexibility index (Phi) is 3.69. The second-order valence-corrected chi connectivity index (χ2v) is 7.19. The molecule has 0 aromatic carbocycles. The van der Waals surface area contributed by atoms with Gasteiger partial charge in [-0.15, -0.1) is 0 Å². The molecule has 1 aromatic rings. The van der Waals surface area contributed by atoms with Crippen molar-refractivity contribution in [3.63, 3.8) is 0 Å². The Balaban J connectivity index is 2.03. The van der Waals surface area contributed by atoms with E-state index in [2.05, 4.69) is 5.10 Å². The molecule has 0 amide bonds. The fourth-order valence-electron chi connectivity index (χ4n) is 3.52. The van der Waals surface area contributed by atoms with Crippen molar-refractivity contribution in [1.29, 1.82) is 0 Å². The van der Waals surface area contributed by atoms with Crippen LogP contribution in [0.5, 0.6) is 0 Å². The van der Waals surface area contributed by atoms with Crippen molar-refractivity contribution in [3.8, 4) is 0 Å². The van der Waals surface area contributed by atoms with Gasteiger partial charge in [0.05, 0.1) is 5.69 Å². The quantitative estimate of drug-likeness (QED) is 0.822. The fourth-order valence-corrected chi connectivity index (χ4v) is 3.52. The number of aromatic carboxylic acids is 1. The van der Waals surface area contributed by atoms with Gasteiger partial charge >= 0.3 is 12.1 Å². The maximum atomic E-state index is 13.5. The van der Waals surface area contributed by atoms with Gasteiger partial charge in [0.1, 0.15) is 5.56 Å². The fraction of sp³-hybridized carbons (Fsp3) is 0.733. The van der Waals surface area contributed by atoms with Gasteiger partial charge in [-0.25, -0.2) is 13.6 Å². The van der Waals surface area contributed by atoms with Gasteiger partial charge in [-0.2, -0.15) is 18.3 Å². The van der Waals surface area contributed by atoms with Gasteiger partial charge in [-0.1, -0.05) is 6.92 Å². The second kappa shape index (κ2) is 5.16. The first kappa shape index (κ1) is 17.2. The van der Waals surface area contributed by atoms with Crippen molar-refractivity contribution in [3.05, 3.63) is 17.0 Å². The number of aromatic nitrogens is 2. The molecule has 1 atom stereocenters. The summed E-state index contributed by atoms with van der Waals surface area (Å²) in [6, 6.07) is 0. The number of halogens is 5. The largest absolute Gasteiger partial charge is 0.477 e. The summed E-state index contributed by atoms with van der Waals surface area (Å²) in [5.74, 6) is -5.02. The number of carboxylic acid groups (broad SMARTS) is 1. The first-order chi connectivity index (χ1) is 10.9. The van der Waals surface area contributed by atoms with Crippen molar-refractivity contribution < 1.29 is 31.9 Å². The van der Waals surface area contributed by atoms with E-state index in [0.29, 0.717) is 12.8 Å². The van der Waals surface area contributed by atoms with Gasteiger partial charge in [0, 0.05) is 25.3 Å². The number of carbonyl (C=O) groups is 1. The summed E-state index contributed by atoms with van der Waals surface area (Å²) >= 11 is 0. The average molecular weight is 352 g/mol. The highest BCUT2D eigenvalue weighted by molar-refractivity contribution is 5.88. The molecular weight excluding hydrogens is 335 g/mol. The van der Waals surface area contributed by atoms with Gasteiger partial charge < -0.3 is 5.11 Å². The number of carboxylic acids is 1. The molecule has 24 heavy (non-hydrogen) atoms. The Labute approximate surface area is 134 Å². The highest BCUT2D eigenvalue weighted by Gasteiger charge is 2.50. The lowest BCUT2D eigenvalue weighted by molar-refractivity contribution is -0.138. The van der Waals surface area contributed by atoms with E-state index >= 15 is 0 Å². The number of nitrogens with zero attached hydrogens (tertiary/aromatic N) is 2. The van der Waals surface area contributed by atoms with Gasteiger partial charge in [-0.05, 0) is 24.7 Å². The zero-order valence-electron chi connectivity index (χ0n) is 13.0. The zero-order chi connectivity index (χ0) is 17.9. The third-order valence-corrected chi connectivity index (χ3v) is 4.74. The van der Waals surface area contributed by atoms with Crippen molar-refractivity contribution in [2.45, 2.75) is 63.6 Å². The van der Waals surface area contributed by atoms with Crippen molar-refractivity contribution in [2.24, 2.45) is 5.41 Å². The van der Waals surface area contributed by atoms with Crippen LogP contribution in [0, 0.1) is 5.41 Å². The summed E-state index contributed by atoms with van der Waals surface area (Å²) in [5, 5.41) is 13.2. The van der Waals surface area contributed by atoms with E-state index in [-0.39, 0.29) is 25.1 Å². The topological polar surface area (TPSA) is 55.1 Å². The number of rotatable bonds is 4. The molecule has 0 radical (unpaired) electrons. The van der Waals surface area contributed by atoms with E-state index in [1.165, 1.54) is 6.92 Å². The standard InChI is InChI=1S/C15H17F5N2O2/c1-13(4-5-14(16,17)6-13)7-22-11(12(23)24)9(15(18,19)20)10(21-22)8-2-3-8/h8H,2-7H2,1H3,(H,23,24). The normalized spacial score (nSPS) is 26.8. The molecule has 1 N–H and O–H groups in total. The molecule has 3 rings (SSSR count). The predicted molar refractivity (Wildman–Crippen MR) is 73.1 cm³/mol. The Morgan fingerprint density at radius 2 is 1.96 bits per heavy atom. The molecule has 134 valence electrons. The lowest BCUT2D eigenvalue weighted by Crippen LogP contribution is -2.26. The first-order valence-corrected chi connectivity index (χ1v) is 7.71. The average Bonchev–Trinajstić information content (AvgIpc) is 3.10. The predicted octanol–water partition coefficient (Wildman–Crippen LogP) is 4.30. The summed E-state index contributed by atoms with van der Waals surface area (Å²) in [6.07, 6.45) is -4.53. The lowest BCUT2D eigenvalue weighted by Gasteiger charge is -2.24. The van der Waals surface area contributed by atoms with Crippen LogP contribution in [0.4, 0.5) is 22.0 Å². The Morgan fingerprint density at radius 1 is 1.33 bits per heavy atom. The first-order valence-electron chi connectivity index (χ1n) is 7.71. The lowest BCUT2D eigenvalue weighted by atomic mass is 9.88. The van der Waals surface area contributed by atoms with E-state index in [1.807, 2.05) is 0 Å². The third-order valence-electron chi connectivity index (χ3n) is 4.74. The van der Waals surface area contributed by atoms with E-state index in [0.717, 1.165) is 4.68 Å². The van der Waals surface area contributed by atoms with Crippen LogP contribution >= 0.6 is 0 Å². The molecule has 2 fully saturated rings. The van der Waals surface area contributed by atoms with Crippen LogP contribution in [-0.2, 0) is 12.7 Å². The van der Waals surface area contributed by atoms with Gasteiger partial charge in [-0.3, -0.25) is 4.68 Å². The zero-order valence-corrected chi connectivity index (χ0v) is 13.0. The van der Waals surface area contributed by atoms with Crippen molar-refractivity contribution in [1.82, 2.24) is 9.78 Å². The van der Waals surface area contributed by atoms with Crippen LogP contribution in [0.3, 0.4) is 0 Å². The maximum absolute atomic E-state index is 13.5. The molecule has 0 aliphatic heterocycles. The van der Waals surface area contributed by atoms with E-state index in [9.17, 15) is 31.9 Å². The molecule has 0 saturated heterocycles. The molecule has 0 bridgehead atoms. The Bertz CT molecular complexity index is 678.